The topological polar surface area (TPSA) is 104 Å². The van der Waals surface area contributed by atoms with Gasteiger partial charge in [-0.3, -0.25) is 14.5 Å². The minimum Gasteiger partial charge on any atom is -0.493 e. The molecule has 1 aliphatic carbocycles. The predicted octanol–water partition coefficient (Wildman–Crippen LogP) is 4.05. The minimum atomic E-state index is -0.302. The van der Waals surface area contributed by atoms with Crippen LogP contribution in [-0.4, -0.2) is 37.3 Å². The summed E-state index contributed by atoms with van der Waals surface area (Å²) in [6.07, 6.45) is 4.74. The van der Waals surface area contributed by atoms with Crippen molar-refractivity contribution < 1.29 is 19.1 Å². The van der Waals surface area contributed by atoms with Gasteiger partial charge in [0.15, 0.2) is 11.5 Å². The first-order chi connectivity index (χ1) is 16.5. The average Bonchev–Trinajstić information content (AvgIpc) is 3.35. The van der Waals surface area contributed by atoms with Crippen LogP contribution in [0.1, 0.15) is 54.9 Å². The van der Waals surface area contributed by atoms with Gasteiger partial charge in [-0.25, -0.2) is 5.43 Å². The van der Waals surface area contributed by atoms with Crippen molar-refractivity contribution in [1.82, 2.24) is 5.43 Å². The number of ether oxygens (including phenoxy) is 2. The third-order valence-corrected chi connectivity index (χ3v) is 6.21. The molecule has 1 heterocycles. The number of nitriles is 1. The molecule has 0 aromatic heterocycles. The fourth-order valence-electron chi connectivity index (χ4n) is 4.41. The Hall–Kier alpha value is -3.86. The van der Waals surface area contributed by atoms with Crippen LogP contribution in [0, 0.1) is 17.2 Å². The first kappa shape index (κ1) is 23.3. The molecule has 1 saturated carbocycles. The van der Waals surface area contributed by atoms with Crippen LogP contribution in [0.2, 0.25) is 0 Å². The van der Waals surface area contributed by atoms with E-state index >= 15 is 0 Å². The van der Waals surface area contributed by atoms with Crippen molar-refractivity contribution in [3.05, 3.63) is 53.6 Å². The summed E-state index contributed by atoms with van der Waals surface area (Å²) in [6, 6.07) is 14.5. The number of amides is 2. The van der Waals surface area contributed by atoms with Crippen LogP contribution in [0.4, 0.5) is 5.69 Å². The number of nitrogens with one attached hydrogen (secondary N) is 1. The highest BCUT2D eigenvalue weighted by Gasteiger charge is 2.24. The van der Waals surface area contributed by atoms with Crippen molar-refractivity contribution in [2.45, 2.75) is 45.1 Å². The van der Waals surface area contributed by atoms with Crippen molar-refractivity contribution in [1.29, 1.82) is 5.26 Å². The number of benzene rings is 2. The Bertz CT molecular complexity index is 1130. The van der Waals surface area contributed by atoms with Crippen molar-refractivity contribution in [2.24, 2.45) is 11.0 Å². The number of nitrogens with zero attached hydrogens (tertiary/aromatic N) is 3. The summed E-state index contributed by atoms with van der Waals surface area (Å²) in [5, 5.41) is 13.6. The van der Waals surface area contributed by atoms with Gasteiger partial charge in [0.25, 0.3) is 5.91 Å². The van der Waals surface area contributed by atoms with E-state index in [1.807, 2.05) is 19.1 Å². The van der Waals surface area contributed by atoms with Gasteiger partial charge < -0.3 is 9.47 Å². The summed E-state index contributed by atoms with van der Waals surface area (Å²) < 4.78 is 11.6. The average molecular weight is 461 g/mol. The lowest BCUT2D eigenvalue weighted by Crippen LogP contribution is -2.32. The van der Waals surface area contributed by atoms with Crippen LogP contribution in [0.15, 0.2) is 47.6 Å². The summed E-state index contributed by atoms with van der Waals surface area (Å²) in [5.74, 6) is 0.709. The SMILES string of the molecule is COc1ccc(C(=O)N(CC#N)c2ccc(C3=NNC(=O)CC3C)cc2)cc1OC1CCCC1. The first-order valence-corrected chi connectivity index (χ1v) is 11.5. The quantitative estimate of drug-likeness (QED) is 0.628. The third kappa shape index (κ3) is 5.04. The molecule has 2 amide bonds. The van der Waals surface area contributed by atoms with E-state index in [0.717, 1.165) is 37.0 Å². The Morgan fingerprint density at radius 2 is 1.91 bits per heavy atom. The normalized spacial score (nSPS) is 18.0. The lowest BCUT2D eigenvalue weighted by Gasteiger charge is -2.23. The Morgan fingerprint density at radius 1 is 1.18 bits per heavy atom. The zero-order valence-corrected chi connectivity index (χ0v) is 19.4. The lowest BCUT2D eigenvalue weighted by atomic mass is 9.94. The van der Waals surface area contributed by atoms with E-state index in [-0.39, 0.29) is 30.4 Å². The van der Waals surface area contributed by atoms with Crippen molar-refractivity contribution in [3.8, 4) is 17.6 Å². The molecule has 1 unspecified atom stereocenters. The van der Waals surface area contributed by atoms with E-state index in [1.165, 1.54) is 4.90 Å². The summed E-state index contributed by atoms with van der Waals surface area (Å²) in [6.45, 7) is 1.85. The number of methoxy groups -OCH3 is 1. The fourth-order valence-corrected chi connectivity index (χ4v) is 4.41. The van der Waals surface area contributed by atoms with Crippen molar-refractivity contribution in [3.63, 3.8) is 0 Å². The molecule has 1 N–H and O–H groups in total. The van der Waals surface area contributed by atoms with E-state index in [2.05, 4.69) is 16.6 Å². The number of hydrazone groups is 1. The second kappa shape index (κ2) is 10.4. The molecule has 4 rings (SSSR count). The molecule has 1 aliphatic heterocycles. The van der Waals surface area contributed by atoms with E-state index < -0.39 is 0 Å². The molecular weight excluding hydrogens is 432 g/mol. The van der Waals surface area contributed by atoms with E-state index in [0.29, 0.717) is 29.2 Å². The van der Waals surface area contributed by atoms with Crippen LogP contribution in [0.5, 0.6) is 11.5 Å². The van der Waals surface area contributed by atoms with E-state index in [1.54, 1.807) is 37.4 Å². The van der Waals surface area contributed by atoms with E-state index in [4.69, 9.17) is 9.47 Å². The number of carbonyl (C=O) groups is 2. The number of anilines is 1. The van der Waals surface area contributed by atoms with Gasteiger partial charge in [0.2, 0.25) is 5.91 Å². The van der Waals surface area contributed by atoms with E-state index in [9.17, 15) is 14.9 Å². The molecule has 2 aromatic carbocycles. The number of carbonyl (C=O) groups excluding carboxylic acids is 2. The summed E-state index contributed by atoms with van der Waals surface area (Å²) in [4.78, 5) is 26.4. The molecule has 1 atom stereocenters. The van der Waals surface area contributed by atoms with Gasteiger partial charge in [0.05, 0.1) is 25.0 Å². The maximum Gasteiger partial charge on any atom is 0.259 e. The molecule has 176 valence electrons. The lowest BCUT2D eigenvalue weighted by molar-refractivity contribution is -0.121. The second-order valence-corrected chi connectivity index (χ2v) is 8.62. The van der Waals surface area contributed by atoms with Crippen LogP contribution in [0.25, 0.3) is 0 Å². The largest absolute Gasteiger partial charge is 0.493 e. The Balaban J connectivity index is 1.58. The van der Waals surface area contributed by atoms with Gasteiger partial charge >= 0.3 is 0 Å². The minimum absolute atomic E-state index is 0.00553. The molecule has 0 bridgehead atoms. The molecule has 0 radical (unpaired) electrons. The molecule has 2 aromatic rings. The van der Waals surface area contributed by atoms with Crippen molar-refractivity contribution in [2.75, 3.05) is 18.6 Å². The van der Waals surface area contributed by atoms with Gasteiger partial charge in [-0.1, -0.05) is 19.1 Å². The highest BCUT2D eigenvalue weighted by Crippen LogP contribution is 2.33. The van der Waals surface area contributed by atoms with Gasteiger partial charge in [-0.15, -0.1) is 0 Å². The molecular formula is C26H28N4O4. The monoisotopic (exact) mass is 460 g/mol. The number of rotatable bonds is 7. The summed E-state index contributed by atoms with van der Waals surface area (Å²) in [7, 11) is 1.57. The molecule has 2 aliphatic rings. The number of hydrogen-bond donors (Lipinski definition) is 1. The predicted molar refractivity (Wildman–Crippen MR) is 128 cm³/mol. The molecule has 8 heteroatoms. The summed E-state index contributed by atoms with van der Waals surface area (Å²) >= 11 is 0. The van der Waals surface area contributed by atoms with Crippen LogP contribution < -0.4 is 19.8 Å². The van der Waals surface area contributed by atoms with Crippen LogP contribution in [-0.2, 0) is 4.79 Å². The zero-order chi connectivity index (χ0) is 24.1. The fraction of sp³-hybridized carbons (Fsp3) is 0.385. The second-order valence-electron chi connectivity index (χ2n) is 8.62. The Labute approximate surface area is 199 Å². The number of hydrogen-bond acceptors (Lipinski definition) is 6. The smallest absolute Gasteiger partial charge is 0.259 e. The molecule has 1 fully saturated rings. The first-order valence-electron chi connectivity index (χ1n) is 11.5. The maximum atomic E-state index is 13.4. The Morgan fingerprint density at radius 3 is 2.56 bits per heavy atom. The highest BCUT2D eigenvalue weighted by atomic mass is 16.5. The standard InChI is InChI=1S/C26H28N4O4/c1-17-15-24(31)28-29-25(17)18-7-10-20(11-8-18)30(14-13-27)26(32)19-9-12-22(33-2)23(16-19)34-21-5-3-4-6-21/h7-12,16-17,21H,3-6,14-15H2,1-2H3,(H,28,31). The van der Waals surface area contributed by atoms with Gasteiger partial charge in [0.1, 0.15) is 6.54 Å². The van der Waals surface area contributed by atoms with Gasteiger partial charge in [-0.2, -0.15) is 10.4 Å². The molecule has 34 heavy (non-hydrogen) atoms. The van der Waals surface area contributed by atoms with Gasteiger partial charge in [0, 0.05) is 23.6 Å². The molecule has 0 spiro atoms. The molecule has 8 nitrogen and oxygen atoms in total. The Kier molecular flexibility index (Phi) is 7.12. The van der Waals surface area contributed by atoms with Crippen LogP contribution in [0.3, 0.4) is 0 Å². The summed E-state index contributed by atoms with van der Waals surface area (Å²) in [5.41, 5.74) is 5.17. The van der Waals surface area contributed by atoms with Gasteiger partial charge in [-0.05, 0) is 61.6 Å². The zero-order valence-electron chi connectivity index (χ0n) is 19.4. The highest BCUT2D eigenvalue weighted by molar-refractivity contribution is 6.08. The van der Waals surface area contributed by atoms with Crippen molar-refractivity contribution >= 4 is 23.2 Å². The third-order valence-electron chi connectivity index (χ3n) is 6.21. The molecule has 0 saturated heterocycles. The van der Waals surface area contributed by atoms with Crippen LogP contribution >= 0.6 is 0 Å². The maximum absolute atomic E-state index is 13.4.